The van der Waals surface area contributed by atoms with Crippen LogP contribution in [0.3, 0.4) is 0 Å². The molecule has 0 aliphatic carbocycles. The maximum atomic E-state index is 11.3. The molecule has 3 heteroatoms. The van der Waals surface area contributed by atoms with Crippen LogP contribution in [-0.2, 0) is 16.0 Å². The van der Waals surface area contributed by atoms with Crippen LogP contribution in [-0.4, -0.2) is 18.2 Å². The van der Waals surface area contributed by atoms with Gasteiger partial charge in [-0.25, -0.2) is 4.79 Å². The van der Waals surface area contributed by atoms with Gasteiger partial charge in [-0.15, -0.1) is 0 Å². The predicted molar refractivity (Wildman–Crippen MR) is 62.3 cm³/mol. The van der Waals surface area contributed by atoms with Gasteiger partial charge in [0.1, 0.15) is 0 Å². The Morgan fingerprint density at radius 3 is 2.56 bits per heavy atom. The van der Waals surface area contributed by atoms with Crippen molar-refractivity contribution in [2.45, 2.75) is 33.3 Å². The van der Waals surface area contributed by atoms with E-state index in [1.54, 1.807) is 0 Å². The van der Waals surface area contributed by atoms with E-state index < -0.39 is 12.1 Å². The topological polar surface area (TPSA) is 46.5 Å². The average Bonchev–Trinajstić information content (AvgIpc) is 2.30. The monoisotopic (exact) mass is 222 g/mol. The van der Waals surface area contributed by atoms with Crippen LogP contribution in [0.1, 0.15) is 35.3 Å². The summed E-state index contributed by atoms with van der Waals surface area (Å²) >= 11 is 0. The van der Waals surface area contributed by atoms with E-state index >= 15 is 0 Å². The molecule has 1 aromatic rings. The minimum absolute atomic E-state index is 0.615. The summed E-state index contributed by atoms with van der Waals surface area (Å²) in [4.78, 5) is 11.3. The Kier molecular flexibility index (Phi) is 4.07. The van der Waals surface area contributed by atoms with Crippen molar-refractivity contribution in [2.75, 3.05) is 7.11 Å². The van der Waals surface area contributed by atoms with E-state index in [0.29, 0.717) is 5.56 Å². The number of ether oxygens (including phenoxy) is 1. The van der Waals surface area contributed by atoms with Crippen LogP contribution in [0.4, 0.5) is 0 Å². The maximum absolute atomic E-state index is 11.3. The Morgan fingerprint density at radius 1 is 1.44 bits per heavy atom. The summed E-state index contributed by atoms with van der Waals surface area (Å²) < 4.78 is 4.55. The van der Waals surface area contributed by atoms with Crippen molar-refractivity contribution < 1.29 is 14.6 Å². The molecule has 0 heterocycles. The molecule has 1 aromatic carbocycles. The number of aryl methyl sites for hydroxylation is 2. The SMILES string of the molecule is CCc1cc(C)c(C)c(C(O)C(=O)OC)c1. The third-order valence-electron chi connectivity index (χ3n) is 2.89. The largest absolute Gasteiger partial charge is 0.467 e. The molecule has 0 spiro atoms. The molecule has 16 heavy (non-hydrogen) atoms. The fraction of sp³-hybridized carbons (Fsp3) is 0.462. The number of aliphatic hydroxyl groups is 1. The van der Waals surface area contributed by atoms with Gasteiger partial charge >= 0.3 is 5.97 Å². The van der Waals surface area contributed by atoms with Crippen LogP contribution in [0, 0.1) is 13.8 Å². The first-order valence-electron chi connectivity index (χ1n) is 5.37. The molecule has 1 unspecified atom stereocenters. The first kappa shape index (κ1) is 12.7. The summed E-state index contributed by atoms with van der Waals surface area (Å²) in [7, 11) is 1.28. The lowest BCUT2D eigenvalue weighted by atomic mass is 9.95. The molecule has 0 aromatic heterocycles. The van der Waals surface area contributed by atoms with Gasteiger partial charge in [0.25, 0.3) is 0 Å². The van der Waals surface area contributed by atoms with Gasteiger partial charge in [-0.2, -0.15) is 0 Å². The molecule has 0 aliphatic rings. The molecule has 0 bridgehead atoms. The zero-order valence-electron chi connectivity index (χ0n) is 10.2. The van der Waals surface area contributed by atoms with Gasteiger partial charge in [0, 0.05) is 0 Å². The Morgan fingerprint density at radius 2 is 2.06 bits per heavy atom. The quantitative estimate of drug-likeness (QED) is 0.796. The smallest absolute Gasteiger partial charge is 0.339 e. The highest BCUT2D eigenvalue weighted by molar-refractivity contribution is 5.76. The molecule has 0 amide bonds. The summed E-state index contributed by atoms with van der Waals surface area (Å²) in [6.45, 7) is 5.91. The third-order valence-corrected chi connectivity index (χ3v) is 2.89. The maximum Gasteiger partial charge on any atom is 0.339 e. The molecular weight excluding hydrogens is 204 g/mol. The lowest BCUT2D eigenvalue weighted by molar-refractivity contribution is -0.150. The lowest BCUT2D eigenvalue weighted by Gasteiger charge is -2.15. The highest BCUT2D eigenvalue weighted by Crippen LogP contribution is 2.23. The van der Waals surface area contributed by atoms with E-state index in [9.17, 15) is 9.90 Å². The van der Waals surface area contributed by atoms with Crippen LogP contribution >= 0.6 is 0 Å². The summed E-state index contributed by atoms with van der Waals surface area (Å²) in [5.41, 5.74) is 3.78. The summed E-state index contributed by atoms with van der Waals surface area (Å²) in [5.74, 6) is -0.615. The molecule has 1 atom stereocenters. The van der Waals surface area contributed by atoms with E-state index in [1.165, 1.54) is 7.11 Å². The van der Waals surface area contributed by atoms with Crippen LogP contribution in [0.15, 0.2) is 12.1 Å². The van der Waals surface area contributed by atoms with Crippen molar-refractivity contribution in [3.05, 3.63) is 34.4 Å². The van der Waals surface area contributed by atoms with E-state index in [-0.39, 0.29) is 0 Å². The van der Waals surface area contributed by atoms with Crippen LogP contribution < -0.4 is 0 Å². The molecule has 3 nitrogen and oxygen atoms in total. The van der Waals surface area contributed by atoms with Gasteiger partial charge in [-0.1, -0.05) is 19.1 Å². The number of rotatable bonds is 3. The van der Waals surface area contributed by atoms with Crippen LogP contribution in [0.25, 0.3) is 0 Å². The molecule has 1 rings (SSSR count). The minimum Gasteiger partial charge on any atom is -0.467 e. The number of carbonyl (C=O) groups is 1. The first-order chi connectivity index (χ1) is 7.51. The predicted octanol–water partition coefficient (Wildman–Crippen LogP) is 2.07. The second-order valence-corrected chi connectivity index (χ2v) is 3.91. The Balaban J connectivity index is 3.21. The highest BCUT2D eigenvalue weighted by Gasteiger charge is 2.20. The number of hydrogen-bond acceptors (Lipinski definition) is 3. The molecule has 88 valence electrons. The molecule has 1 N–H and O–H groups in total. The van der Waals surface area contributed by atoms with Gasteiger partial charge in [0.15, 0.2) is 6.10 Å². The fourth-order valence-electron chi connectivity index (χ4n) is 1.69. The van der Waals surface area contributed by atoms with Crippen LogP contribution in [0.2, 0.25) is 0 Å². The molecule has 0 saturated carbocycles. The highest BCUT2D eigenvalue weighted by atomic mass is 16.5. The van der Waals surface area contributed by atoms with Crippen molar-refractivity contribution in [1.82, 2.24) is 0 Å². The third kappa shape index (κ3) is 2.42. The molecule has 0 saturated heterocycles. The van der Waals surface area contributed by atoms with Crippen molar-refractivity contribution in [1.29, 1.82) is 0 Å². The van der Waals surface area contributed by atoms with E-state index in [0.717, 1.165) is 23.1 Å². The number of esters is 1. The second kappa shape index (κ2) is 5.12. The summed E-state index contributed by atoms with van der Waals surface area (Å²) in [5, 5.41) is 9.84. The molecular formula is C13H18O3. The number of carbonyl (C=O) groups excluding carboxylic acids is 1. The normalized spacial score (nSPS) is 12.3. The van der Waals surface area contributed by atoms with Gasteiger partial charge in [0.2, 0.25) is 0 Å². The number of hydrogen-bond donors (Lipinski definition) is 1. The van der Waals surface area contributed by atoms with E-state index in [4.69, 9.17) is 0 Å². The average molecular weight is 222 g/mol. The number of benzene rings is 1. The molecule has 0 radical (unpaired) electrons. The zero-order valence-corrected chi connectivity index (χ0v) is 10.2. The van der Waals surface area contributed by atoms with Gasteiger partial charge in [-0.3, -0.25) is 0 Å². The van der Waals surface area contributed by atoms with Crippen LogP contribution in [0.5, 0.6) is 0 Å². The Bertz CT molecular complexity index is 396. The van der Waals surface area contributed by atoms with E-state index in [2.05, 4.69) is 10.8 Å². The zero-order chi connectivity index (χ0) is 12.3. The van der Waals surface area contributed by atoms with Crippen molar-refractivity contribution in [2.24, 2.45) is 0 Å². The van der Waals surface area contributed by atoms with Crippen molar-refractivity contribution >= 4 is 5.97 Å². The van der Waals surface area contributed by atoms with Gasteiger partial charge in [0.05, 0.1) is 7.11 Å². The Labute approximate surface area is 96.1 Å². The second-order valence-electron chi connectivity index (χ2n) is 3.91. The van der Waals surface area contributed by atoms with Gasteiger partial charge in [-0.05, 0) is 42.5 Å². The minimum atomic E-state index is -1.19. The Hall–Kier alpha value is -1.35. The lowest BCUT2D eigenvalue weighted by Crippen LogP contribution is -2.15. The van der Waals surface area contributed by atoms with E-state index in [1.807, 2.05) is 26.8 Å². The first-order valence-corrected chi connectivity index (χ1v) is 5.37. The molecule has 0 aliphatic heterocycles. The van der Waals surface area contributed by atoms with Crippen molar-refractivity contribution in [3.63, 3.8) is 0 Å². The molecule has 0 fully saturated rings. The summed E-state index contributed by atoms with van der Waals surface area (Å²) in [6, 6.07) is 3.94. The standard InChI is InChI=1S/C13H18O3/c1-5-10-6-8(2)9(3)11(7-10)12(14)13(15)16-4/h6-7,12,14H,5H2,1-4H3. The van der Waals surface area contributed by atoms with Gasteiger partial charge < -0.3 is 9.84 Å². The van der Waals surface area contributed by atoms with Crippen molar-refractivity contribution in [3.8, 4) is 0 Å². The summed E-state index contributed by atoms with van der Waals surface area (Å²) in [6.07, 6.45) is -0.308. The number of aliphatic hydroxyl groups excluding tert-OH is 1. The number of methoxy groups -OCH3 is 1. The fourth-order valence-corrected chi connectivity index (χ4v) is 1.69.